The standard InChI is InChI=1S/C23H24N2O5/c26-23(24-13-18-9-10-27-15-18)22-12-21(30-25-22)16-28-14-17-5-4-8-20(11-17)29-19-6-2-1-3-7-19/h1-8,11-12,18H,9-10,13-16H2,(H,24,26). The Morgan fingerprint density at radius 1 is 1.07 bits per heavy atom. The van der Waals surface area contributed by atoms with Crippen LogP contribution in [-0.2, 0) is 22.7 Å². The van der Waals surface area contributed by atoms with Crippen LogP contribution in [0.5, 0.6) is 11.5 Å². The lowest BCUT2D eigenvalue weighted by atomic mass is 10.1. The molecule has 1 unspecified atom stereocenters. The summed E-state index contributed by atoms with van der Waals surface area (Å²) in [7, 11) is 0. The molecular weight excluding hydrogens is 384 g/mol. The molecular formula is C23H24N2O5. The summed E-state index contributed by atoms with van der Waals surface area (Å²) < 4.78 is 22.1. The van der Waals surface area contributed by atoms with Crippen LogP contribution >= 0.6 is 0 Å². The van der Waals surface area contributed by atoms with E-state index in [4.69, 9.17) is 18.7 Å². The van der Waals surface area contributed by atoms with Crippen molar-refractivity contribution in [3.63, 3.8) is 0 Å². The quantitative estimate of drug-likeness (QED) is 0.577. The van der Waals surface area contributed by atoms with E-state index in [1.54, 1.807) is 6.07 Å². The second-order valence-corrected chi connectivity index (χ2v) is 7.17. The summed E-state index contributed by atoms with van der Waals surface area (Å²) in [5, 5.41) is 6.70. The van der Waals surface area contributed by atoms with Gasteiger partial charge in [0.25, 0.3) is 5.91 Å². The molecule has 1 atom stereocenters. The Hall–Kier alpha value is -3.16. The lowest BCUT2D eigenvalue weighted by molar-refractivity contribution is 0.0876. The highest BCUT2D eigenvalue weighted by molar-refractivity contribution is 5.92. The van der Waals surface area contributed by atoms with E-state index in [0.29, 0.717) is 31.4 Å². The van der Waals surface area contributed by atoms with E-state index in [1.807, 2.05) is 54.6 Å². The highest BCUT2D eigenvalue weighted by Gasteiger charge is 2.18. The molecule has 2 aromatic carbocycles. The maximum absolute atomic E-state index is 12.2. The van der Waals surface area contributed by atoms with Gasteiger partial charge in [0, 0.05) is 25.1 Å². The second kappa shape index (κ2) is 10.0. The van der Waals surface area contributed by atoms with Crippen molar-refractivity contribution in [1.82, 2.24) is 10.5 Å². The maximum Gasteiger partial charge on any atom is 0.273 e. The Balaban J connectivity index is 1.23. The molecule has 2 heterocycles. The highest BCUT2D eigenvalue weighted by Crippen LogP contribution is 2.22. The van der Waals surface area contributed by atoms with Gasteiger partial charge < -0.3 is 24.1 Å². The molecule has 1 fully saturated rings. The molecule has 1 aromatic heterocycles. The Bertz CT molecular complexity index is 951. The maximum atomic E-state index is 12.2. The van der Waals surface area contributed by atoms with Crippen molar-refractivity contribution >= 4 is 5.91 Å². The van der Waals surface area contributed by atoms with Crippen molar-refractivity contribution in [3.05, 3.63) is 77.7 Å². The summed E-state index contributed by atoms with van der Waals surface area (Å²) in [6, 6.07) is 18.9. The number of hydrogen-bond donors (Lipinski definition) is 1. The summed E-state index contributed by atoms with van der Waals surface area (Å²) in [6.07, 6.45) is 0.968. The van der Waals surface area contributed by atoms with Gasteiger partial charge in [-0.2, -0.15) is 0 Å². The first-order chi connectivity index (χ1) is 14.8. The van der Waals surface area contributed by atoms with Gasteiger partial charge in [-0.15, -0.1) is 0 Å². The molecule has 0 spiro atoms. The van der Waals surface area contributed by atoms with Crippen LogP contribution in [0.1, 0.15) is 28.2 Å². The van der Waals surface area contributed by atoms with E-state index in [-0.39, 0.29) is 18.2 Å². The van der Waals surface area contributed by atoms with E-state index in [0.717, 1.165) is 30.1 Å². The number of para-hydroxylation sites is 1. The van der Waals surface area contributed by atoms with Crippen molar-refractivity contribution in [2.24, 2.45) is 5.92 Å². The lowest BCUT2D eigenvalue weighted by Crippen LogP contribution is -2.29. The minimum Gasteiger partial charge on any atom is -0.457 e. The van der Waals surface area contributed by atoms with Gasteiger partial charge in [-0.3, -0.25) is 4.79 Å². The number of amides is 1. The number of nitrogens with one attached hydrogen (secondary N) is 1. The number of aromatic nitrogens is 1. The van der Waals surface area contributed by atoms with Crippen LogP contribution in [0.15, 0.2) is 65.2 Å². The van der Waals surface area contributed by atoms with Crippen LogP contribution in [0.2, 0.25) is 0 Å². The SMILES string of the molecule is O=C(NCC1CCOC1)c1cc(COCc2cccc(Oc3ccccc3)c2)on1. The van der Waals surface area contributed by atoms with Gasteiger partial charge in [0.05, 0.1) is 13.2 Å². The van der Waals surface area contributed by atoms with Crippen molar-refractivity contribution in [3.8, 4) is 11.5 Å². The average molecular weight is 408 g/mol. The summed E-state index contributed by atoms with van der Waals surface area (Å²) in [6.45, 7) is 2.64. The van der Waals surface area contributed by atoms with Crippen LogP contribution in [0, 0.1) is 5.92 Å². The van der Waals surface area contributed by atoms with Crippen LogP contribution in [-0.4, -0.2) is 30.8 Å². The lowest BCUT2D eigenvalue weighted by Gasteiger charge is -2.08. The fourth-order valence-electron chi connectivity index (χ4n) is 3.15. The number of carbonyl (C=O) groups excluding carboxylic acids is 1. The number of nitrogens with zero attached hydrogens (tertiary/aromatic N) is 1. The minimum atomic E-state index is -0.248. The van der Waals surface area contributed by atoms with Gasteiger partial charge in [0.2, 0.25) is 0 Å². The molecule has 0 saturated carbocycles. The monoisotopic (exact) mass is 408 g/mol. The van der Waals surface area contributed by atoms with E-state index >= 15 is 0 Å². The molecule has 156 valence electrons. The zero-order valence-corrected chi connectivity index (χ0v) is 16.6. The van der Waals surface area contributed by atoms with Gasteiger partial charge >= 0.3 is 0 Å². The third-order valence-corrected chi connectivity index (χ3v) is 4.76. The van der Waals surface area contributed by atoms with E-state index in [2.05, 4.69) is 10.5 Å². The largest absolute Gasteiger partial charge is 0.457 e. The molecule has 4 rings (SSSR count). The predicted molar refractivity (Wildman–Crippen MR) is 109 cm³/mol. The molecule has 1 saturated heterocycles. The van der Waals surface area contributed by atoms with E-state index in [1.165, 1.54) is 0 Å². The third kappa shape index (κ3) is 5.68. The van der Waals surface area contributed by atoms with Gasteiger partial charge in [-0.25, -0.2) is 0 Å². The van der Waals surface area contributed by atoms with Gasteiger partial charge in [0.1, 0.15) is 18.1 Å². The average Bonchev–Trinajstić information content (AvgIpc) is 3.45. The Morgan fingerprint density at radius 2 is 1.93 bits per heavy atom. The normalized spacial score (nSPS) is 15.8. The molecule has 3 aromatic rings. The fourth-order valence-corrected chi connectivity index (χ4v) is 3.15. The van der Waals surface area contributed by atoms with Gasteiger partial charge in [-0.05, 0) is 36.2 Å². The van der Waals surface area contributed by atoms with Crippen molar-refractivity contribution in [2.45, 2.75) is 19.6 Å². The van der Waals surface area contributed by atoms with E-state index in [9.17, 15) is 4.79 Å². The van der Waals surface area contributed by atoms with Crippen LogP contribution < -0.4 is 10.1 Å². The first-order valence-electron chi connectivity index (χ1n) is 9.97. The second-order valence-electron chi connectivity index (χ2n) is 7.17. The molecule has 0 bridgehead atoms. The molecule has 1 N–H and O–H groups in total. The zero-order valence-electron chi connectivity index (χ0n) is 16.6. The van der Waals surface area contributed by atoms with Gasteiger partial charge in [-0.1, -0.05) is 35.5 Å². The molecule has 7 heteroatoms. The van der Waals surface area contributed by atoms with Crippen LogP contribution in [0.3, 0.4) is 0 Å². The summed E-state index contributed by atoms with van der Waals surface area (Å²) in [5.41, 5.74) is 1.23. The number of ether oxygens (including phenoxy) is 3. The highest BCUT2D eigenvalue weighted by atomic mass is 16.5. The smallest absolute Gasteiger partial charge is 0.273 e. The number of hydrogen-bond acceptors (Lipinski definition) is 6. The van der Waals surface area contributed by atoms with Crippen molar-refractivity contribution in [2.75, 3.05) is 19.8 Å². The minimum absolute atomic E-state index is 0.223. The fraction of sp³-hybridized carbons (Fsp3) is 0.304. The first kappa shape index (κ1) is 20.1. The van der Waals surface area contributed by atoms with Crippen LogP contribution in [0.25, 0.3) is 0 Å². The zero-order chi connectivity index (χ0) is 20.6. The summed E-state index contributed by atoms with van der Waals surface area (Å²) in [5.74, 6) is 2.14. The predicted octanol–water partition coefficient (Wildman–Crippen LogP) is 3.95. The van der Waals surface area contributed by atoms with E-state index < -0.39 is 0 Å². The Morgan fingerprint density at radius 3 is 2.77 bits per heavy atom. The number of carbonyl (C=O) groups is 1. The molecule has 7 nitrogen and oxygen atoms in total. The molecule has 30 heavy (non-hydrogen) atoms. The molecule has 1 amide bonds. The van der Waals surface area contributed by atoms with Crippen molar-refractivity contribution in [1.29, 1.82) is 0 Å². The Labute approximate surface area is 174 Å². The Kier molecular flexibility index (Phi) is 6.74. The van der Waals surface area contributed by atoms with Gasteiger partial charge in [0.15, 0.2) is 11.5 Å². The molecule has 1 aliphatic heterocycles. The molecule has 0 radical (unpaired) electrons. The first-order valence-corrected chi connectivity index (χ1v) is 9.97. The summed E-state index contributed by atoms with van der Waals surface area (Å²) >= 11 is 0. The van der Waals surface area contributed by atoms with Crippen molar-refractivity contribution < 1.29 is 23.5 Å². The number of rotatable bonds is 9. The molecule has 0 aliphatic carbocycles. The topological polar surface area (TPSA) is 82.8 Å². The third-order valence-electron chi connectivity index (χ3n) is 4.76. The number of benzene rings is 2. The molecule has 1 aliphatic rings. The van der Waals surface area contributed by atoms with Crippen LogP contribution in [0.4, 0.5) is 0 Å². The summed E-state index contributed by atoms with van der Waals surface area (Å²) in [4.78, 5) is 12.2.